The van der Waals surface area contributed by atoms with Crippen molar-refractivity contribution in [2.24, 2.45) is 9.98 Å². The second-order valence-corrected chi connectivity index (χ2v) is 17.6. The number of rotatable bonds is 6. The van der Waals surface area contributed by atoms with E-state index in [4.69, 9.17) is 113 Å². The third kappa shape index (κ3) is 7.84. The van der Waals surface area contributed by atoms with E-state index in [1.807, 2.05) is 12.1 Å². The van der Waals surface area contributed by atoms with Gasteiger partial charge in [0.25, 0.3) is 0 Å². The fraction of sp³-hybridized carbons (Fsp3) is 0. The van der Waals surface area contributed by atoms with Gasteiger partial charge in [-0.2, -0.15) is 0 Å². The number of hydrogen-bond donors (Lipinski definition) is 2. The summed E-state index contributed by atoms with van der Waals surface area (Å²) in [6.45, 7) is 0. The van der Waals surface area contributed by atoms with Crippen molar-refractivity contribution >= 4 is 212 Å². The molecule has 0 amide bonds. The maximum atomic E-state index is 6.63. The average Bonchev–Trinajstić information content (AvgIpc) is 3.58. The Balaban J connectivity index is 1.54. The zero-order chi connectivity index (χ0) is 37.2. The highest BCUT2D eigenvalue weighted by molar-refractivity contribution is 9.11. The maximum Gasteiger partial charge on any atom is 0.162 e. The standard InChI is InChI=1S/C34H12Br4Cl8N6/c35-15-3-23(43)27(7-19(15)39)47-31-11-1-12-14(2-13(11)33(51-31)49-29-9-21(41)17(37)5-25(29)45)34(50-30-10-22(42)18(38)6-26(30)46)52-32(12)48-28-8-20(40)16(36)4-24(28)44/h1-10H,(H,47,49,51)(H,48,50,52). The van der Waals surface area contributed by atoms with Crippen molar-refractivity contribution in [3.8, 4) is 0 Å². The van der Waals surface area contributed by atoms with E-state index in [-0.39, 0.29) is 0 Å². The molecule has 0 aliphatic heterocycles. The number of benzene rings is 5. The summed E-state index contributed by atoms with van der Waals surface area (Å²) in [7, 11) is 0. The third-order valence-corrected chi connectivity index (χ3v) is 13.6. The van der Waals surface area contributed by atoms with E-state index in [9.17, 15) is 0 Å². The fourth-order valence-corrected chi connectivity index (χ4v) is 8.47. The second kappa shape index (κ2) is 15.6. The molecule has 0 spiro atoms. The van der Waals surface area contributed by atoms with Crippen LogP contribution in [0.25, 0.3) is 21.5 Å². The Hall–Kier alpha value is -1.38. The van der Waals surface area contributed by atoms with Crippen LogP contribution in [0.1, 0.15) is 0 Å². The molecule has 0 saturated carbocycles. The van der Waals surface area contributed by atoms with Crippen molar-refractivity contribution in [2.45, 2.75) is 0 Å². The second-order valence-electron chi connectivity index (χ2n) is 10.9. The Morgan fingerprint density at radius 2 is 0.712 bits per heavy atom. The monoisotopic (exact) mass is 1100 g/mol. The summed E-state index contributed by atoms with van der Waals surface area (Å²) in [5.74, 6) is 0.849. The van der Waals surface area contributed by atoms with Crippen molar-refractivity contribution in [2.75, 3.05) is 10.6 Å². The molecular weight excluding hydrogens is 1100 g/mol. The number of hydrogen-bond acceptors (Lipinski definition) is 6. The van der Waals surface area contributed by atoms with E-state index in [0.717, 1.165) is 0 Å². The average molecular weight is 1110 g/mol. The molecule has 0 saturated heterocycles. The zero-order valence-corrected chi connectivity index (χ0v) is 37.5. The molecule has 2 aromatic heterocycles. The zero-order valence-electron chi connectivity index (χ0n) is 25.1. The van der Waals surface area contributed by atoms with Crippen LogP contribution in [0.4, 0.5) is 34.4 Å². The van der Waals surface area contributed by atoms with E-state index in [1.165, 1.54) is 0 Å². The molecule has 18 heteroatoms. The van der Waals surface area contributed by atoms with Crippen LogP contribution in [0.15, 0.2) is 88.5 Å². The molecule has 0 aliphatic carbocycles. The molecule has 0 atom stereocenters. The van der Waals surface area contributed by atoms with Gasteiger partial charge in [0.15, 0.2) is 11.0 Å². The van der Waals surface area contributed by atoms with Gasteiger partial charge in [-0.3, -0.25) is 0 Å². The Morgan fingerprint density at radius 1 is 0.385 bits per heavy atom. The quantitative estimate of drug-likeness (QED) is 0.163. The van der Waals surface area contributed by atoms with Crippen LogP contribution in [0.5, 0.6) is 0 Å². The summed E-state index contributed by atoms with van der Waals surface area (Å²) in [6.07, 6.45) is 0. The van der Waals surface area contributed by atoms with Gasteiger partial charge in [0, 0.05) is 39.4 Å². The lowest BCUT2D eigenvalue weighted by molar-refractivity contribution is 1.21. The lowest BCUT2D eigenvalue weighted by atomic mass is 10.1. The topological polar surface area (TPSA) is 74.6 Å². The molecule has 262 valence electrons. The van der Waals surface area contributed by atoms with Crippen LogP contribution in [-0.4, -0.2) is 9.97 Å². The molecule has 7 rings (SSSR count). The molecule has 0 radical (unpaired) electrons. The van der Waals surface area contributed by atoms with Crippen molar-refractivity contribution < 1.29 is 0 Å². The first kappa shape index (κ1) is 38.9. The van der Waals surface area contributed by atoms with Gasteiger partial charge < -0.3 is 10.6 Å². The van der Waals surface area contributed by atoms with Crippen LogP contribution in [0.2, 0.25) is 40.2 Å². The number of nitrogens with one attached hydrogen (secondary N) is 2. The van der Waals surface area contributed by atoms with Crippen LogP contribution in [0, 0.1) is 0 Å². The number of aromatic nitrogens is 2. The normalized spacial score (nSPS) is 12.5. The lowest BCUT2D eigenvalue weighted by Gasteiger charge is -2.09. The van der Waals surface area contributed by atoms with Gasteiger partial charge in [-0.15, -0.1) is 0 Å². The molecule has 0 fully saturated rings. The highest BCUT2D eigenvalue weighted by Crippen LogP contribution is 2.40. The largest absolute Gasteiger partial charge is 0.338 e. The highest BCUT2D eigenvalue weighted by atomic mass is 79.9. The molecule has 7 aromatic rings. The number of fused-ring (bicyclic) bond motifs is 2. The Kier molecular flexibility index (Phi) is 11.7. The smallest absolute Gasteiger partial charge is 0.162 e. The van der Waals surface area contributed by atoms with Gasteiger partial charge in [-0.05, 0) is 124 Å². The molecule has 0 bridgehead atoms. The van der Waals surface area contributed by atoms with E-state index >= 15 is 0 Å². The van der Waals surface area contributed by atoms with Crippen LogP contribution in [0.3, 0.4) is 0 Å². The predicted octanol–water partition coefficient (Wildman–Crippen LogP) is 15.9. The molecule has 6 nitrogen and oxygen atoms in total. The van der Waals surface area contributed by atoms with Crippen LogP contribution < -0.4 is 21.6 Å². The minimum Gasteiger partial charge on any atom is -0.338 e. The molecule has 5 aromatic carbocycles. The first-order valence-corrected chi connectivity index (χ1v) is 20.5. The van der Waals surface area contributed by atoms with Gasteiger partial charge in [0.2, 0.25) is 0 Å². The van der Waals surface area contributed by atoms with E-state index in [0.29, 0.717) is 125 Å². The van der Waals surface area contributed by atoms with Crippen LogP contribution >= 0.6 is 157 Å². The van der Waals surface area contributed by atoms with Gasteiger partial charge >= 0.3 is 0 Å². The third-order valence-electron chi connectivity index (χ3n) is 7.54. The lowest BCUT2D eigenvalue weighted by Crippen LogP contribution is -2.05. The Labute approximate surface area is 368 Å². The summed E-state index contributed by atoms with van der Waals surface area (Å²) < 4.78 is 2.52. The first-order chi connectivity index (χ1) is 24.7. The number of halogens is 12. The van der Waals surface area contributed by atoms with Crippen molar-refractivity contribution in [1.29, 1.82) is 0 Å². The van der Waals surface area contributed by atoms with E-state index < -0.39 is 0 Å². The van der Waals surface area contributed by atoms with Crippen molar-refractivity contribution in [3.05, 3.63) is 130 Å². The number of anilines is 4. The fourth-order valence-electron chi connectivity index (χ4n) is 5.09. The highest BCUT2D eigenvalue weighted by Gasteiger charge is 2.20. The molecule has 0 unspecified atom stereocenters. The maximum absolute atomic E-state index is 6.63. The van der Waals surface area contributed by atoms with E-state index in [2.05, 4.69) is 74.4 Å². The van der Waals surface area contributed by atoms with Gasteiger partial charge in [0.05, 0.1) is 62.9 Å². The SMILES string of the molecule is Clc1cc(N=c2nc(Nc3cc(Cl)c(Br)cc3Cl)c3cc4c(Nc5cc(Cl)c(Br)cc5Cl)nc(=Nc5cc(Cl)c(Br)cc5Cl)c4cc23)c(Cl)cc1Br. The summed E-state index contributed by atoms with van der Waals surface area (Å²) in [4.78, 5) is 19.5. The summed E-state index contributed by atoms with van der Waals surface area (Å²) in [5.41, 5.74) is 2.48. The summed E-state index contributed by atoms with van der Waals surface area (Å²) in [5, 5.41) is 12.5. The minimum atomic E-state index is 0.327. The molecule has 2 heterocycles. The van der Waals surface area contributed by atoms with Gasteiger partial charge in [-0.25, -0.2) is 20.0 Å². The van der Waals surface area contributed by atoms with Crippen molar-refractivity contribution in [3.63, 3.8) is 0 Å². The molecule has 52 heavy (non-hydrogen) atoms. The van der Waals surface area contributed by atoms with E-state index in [1.54, 1.807) is 48.5 Å². The Bertz CT molecular complexity index is 2570. The first-order valence-electron chi connectivity index (χ1n) is 14.3. The predicted molar refractivity (Wildman–Crippen MR) is 233 cm³/mol. The molecular formula is C34H12Br4Cl8N6. The van der Waals surface area contributed by atoms with Gasteiger partial charge in [0.1, 0.15) is 11.6 Å². The summed E-state index contributed by atoms with van der Waals surface area (Å²) >= 11 is 65.9. The number of nitrogens with zero attached hydrogens (tertiary/aromatic N) is 4. The molecule has 0 aliphatic rings. The molecule has 2 N–H and O–H groups in total. The van der Waals surface area contributed by atoms with Crippen LogP contribution in [-0.2, 0) is 0 Å². The summed E-state index contributed by atoms with van der Waals surface area (Å²) in [6, 6.07) is 17.2. The Morgan fingerprint density at radius 3 is 1.10 bits per heavy atom. The minimum absolute atomic E-state index is 0.327. The van der Waals surface area contributed by atoms with Gasteiger partial charge in [-0.1, -0.05) is 92.8 Å². The van der Waals surface area contributed by atoms with Crippen molar-refractivity contribution in [1.82, 2.24) is 9.97 Å².